The predicted octanol–water partition coefficient (Wildman–Crippen LogP) is 3.52. The van der Waals surface area contributed by atoms with Crippen molar-refractivity contribution in [1.29, 1.82) is 5.26 Å². The number of carbonyl (C=O) groups is 1. The zero-order chi connectivity index (χ0) is 20.7. The van der Waals surface area contributed by atoms with E-state index < -0.39 is 5.78 Å². The maximum absolute atomic E-state index is 12.9. The van der Waals surface area contributed by atoms with E-state index in [1.54, 1.807) is 18.2 Å². The van der Waals surface area contributed by atoms with Gasteiger partial charge in [0.2, 0.25) is 11.5 Å². The van der Waals surface area contributed by atoms with Gasteiger partial charge in [0.15, 0.2) is 23.0 Å². The molecule has 28 heavy (non-hydrogen) atoms. The summed E-state index contributed by atoms with van der Waals surface area (Å²) in [5.41, 5.74) is 0.805. The summed E-state index contributed by atoms with van der Waals surface area (Å²) < 4.78 is 26.2. The van der Waals surface area contributed by atoms with Crippen LogP contribution in [0.2, 0.25) is 0 Å². The third-order valence-electron chi connectivity index (χ3n) is 4.01. The molecule has 2 aromatic rings. The first kappa shape index (κ1) is 20.6. The highest BCUT2D eigenvalue weighted by atomic mass is 16.5. The summed E-state index contributed by atoms with van der Waals surface area (Å²) in [4.78, 5) is 12.9. The van der Waals surface area contributed by atoms with E-state index in [0.717, 1.165) is 0 Å². The Morgan fingerprint density at radius 1 is 0.821 bits per heavy atom. The van der Waals surface area contributed by atoms with Crippen molar-refractivity contribution in [1.82, 2.24) is 0 Å². The normalized spacial score (nSPS) is 10.6. The number of ether oxygens (including phenoxy) is 5. The molecule has 2 aromatic carbocycles. The van der Waals surface area contributed by atoms with Gasteiger partial charge in [0.1, 0.15) is 11.6 Å². The van der Waals surface area contributed by atoms with E-state index in [1.165, 1.54) is 53.8 Å². The number of hydrogen-bond acceptors (Lipinski definition) is 7. The largest absolute Gasteiger partial charge is 0.493 e. The van der Waals surface area contributed by atoms with Crippen molar-refractivity contribution >= 4 is 11.9 Å². The smallest absolute Gasteiger partial charge is 0.203 e. The molecule has 0 N–H and O–H groups in total. The minimum absolute atomic E-state index is 0.0542. The van der Waals surface area contributed by atoms with Crippen molar-refractivity contribution in [3.8, 4) is 34.8 Å². The van der Waals surface area contributed by atoms with Crippen molar-refractivity contribution in [2.75, 3.05) is 35.5 Å². The van der Waals surface area contributed by atoms with Gasteiger partial charge in [-0.2, -0.15) is 5.26 Å². The molecular weight excluding hydrogens is 362 g/mol. The molecule has 0 unspecified atom stereocenters. The summed E-state index contributed by atoms with van der Waals surface area (Å²) in [6.45, 7) is 0. The number of methoxy groups -OCH3 is 5. The minimum Gasteiger partial charge on any atom is -0.493 e. The van der Waals surface area contributed by atoms with Crippen LogP contribution in [0.15, 0.2) is 35.9 Å². The van der Waals surface area contributed by atoms with Crippen LogP contribution in [0.25, 0.3) is 6.08 Å². The number of nitriles is 1. The van der Waals surface area contributed by atoms with Crippen LogP contribution < -0.4 is 23.7 Å². The van der Waals surface area contributed by atoms with Crippen molar-refractivity contribution in [2.24, 2.45) is 0 Å². The SMILES string of the molecule is COc1ccc(/C=C(\C#N)C(=O)c2cc(OC)c(OC)c(OC)c2)cc1OC. The predicted molar refractivity (Wildman–Crippen MR) is 104 cm³/mol. The molecule has 0 bridgehead atoms. The molecule has 0 aliphatic heterocycles. The standard InChI is InChI=1S/C21H21NO6/c1-24-16-7-6-13(9-17(16)25-2)8-15(12-22)20(23)14-10-18(26-3)21(28-5)19(11-14)27-4/h6-11H,1-5H3/b15-8+. The Morgan fingerprint density at radius 3 is 1.86 bits per heavy atom. The first-order valence-corrected chi connectivity index (χ1v) is 8.21. The number of rotatable bonds is 8. The Morgan fingerprint density at radius 2 is 1.39 bits per heavy atom. The van der Waals surface area contributed by atoms with E-state index in [9.17, 15) is 10.1 Å². The summed E-state index contributed by atoms with van der Waals surface area (Å²) in [6.07, 6.45) is 1.48. The number of Topliss-reactive ketones (excluding diaryl/α,β-unsaturated/α-hetero) is 1. The lowest BCUT2D eigenvalue weighted by molar-refractivity contribution is 0.103. The van der Waals surface area contributed by atoms with Crippen LogP contribution in [0.5, 0.6) is 28.7 Å². The Balaban J connectivity index is 2.49. The van der Waals surface area contributed by atoms with Crippen LogP contribution in [0, 0.1) is 11.3 Å². The first-order chi connectivity index (χ1) is 13.5. The molecule has 0 saturated heterocycles. The van der Waals surface area contributed by atoms with Gasteiger partial charge in [0, 0.05) is 5.56 Å². The monoisotopic (exact) mass is 383 g/mol. The fourth-order valence-corrected chi connectivity index (χ4v) is 2.63. The van der Waals surface area contributed by atoms with Gasteiger partial charge in [-0.05, 0) is 35.9 Å². The third-order valence-corrected chi connectivity index (χ3v) is 4.01. The minimum atomic E-state index is -0.475. The topological polar surface area (TPSA) is 87.0 Å². The number of nitrogens with zero attached hydrogens (tertiary/aromatic N) is 1. The molecule has 146 valence electrons. The van der Waals surface area contributed by atoms with Gasteiger partial charge < -0.3 is 23.7 Å². The number of allylic oxidation sites excluding steroid dienone is 1. The lowest BCUT2D eigenvalue weighted by Gasteiger charge is -2.13. The highest BCUT2D eigenvalue weighted by molar-refractivity contribution is 6.14. The number of ketones is 1. The Hall–Kier alpha value is -3.66. The van der Waals surface area contributed by atoms with E-state index in [-0.39, 0.29) is 11.1 Å². The van der Waals surface area contributed by atoms with Gasteiger partial charge in [0.25, 0.3) is 0 Å². The second-order valence-corrected chi connectivity index (χ2v) is 5.53. The van der Waals surface area contributed by atoms with Crippen LogP contribution in [-0.2, 0) is 0 Å². The molecular formula is C21H21NO6. The van der Waals surface area contributed by atoms with Crippen LogP contribution in [0.1, 0.15) is 15.9 Å². The van der Waals surface area contributed by atoms with Crippen molar-refractivity contribution < 1.29 is 28.5 Å². The summed E-state index contributed by atoms with van der Waals surface area (Å²) in [5, 5.41) is 9.52. The maximum Gasteiger partial charge on any atom is 0.203 e. The zero-order valence-corrected chi connectivity index (χ0v) is 16.4. The second kappa shape index (κ2) is 9.33. The average Bonchev–Trinajstić information content (AvgIpc) is 2.75. The van der Waals surface area contributed by atoms with Crippen molar-refractivity contribution in [2.45, 2.75) is 0 Å². The maximum atomic E-state index is 12.9. The average molecular weight is 383 g/mol. The Kier molecular flexibility index (Phi) is 6.88. The number of carbonyl (C=O) groups excluding carboxylic acids is 1. The Labute approximate surface area is 163 Å². The highest BCUT2D eigenvalue weighted by Gasteiger charge is 2.19. The number of hydrogen-bond donors (Lipinski definition) is 0. The summed E-state index contributed by atoms with van der Waals surface area (Å²) in [6, 6.07) is 10.1. The second-order valence-electron chi connectivity index (χ2n) is 5.53. The molecule has 0 aliphatic carbocycles. The molecule has 0 radical (unpaired) electrons. The third kappa shape index (κ3) is 4.18. The molecule has 7 nitrogen and oxygen atoms in total. The van der Waals surface area contributed by atoms with Gasteiger partial charge in [0.05, 0.1) is 35.5 Å². The molecule has 2 rings (SSSR count). The van der Waals surface area contributed by atoms with E-state index in [1.807, 2.05) is 6.07 Å². The number of benzene rings is 2. The molecule has 7 heteroatoms. The molecule has 0 heterocycles. The quantitative estimate of drug-likeness (QED) is 0.391. The van der Waals surface area contributed by atoms with Gasteiger partial charge in [-0.1, -0.05) is 6.07 Å². The van der Waals surface area contributed by atoms with Gasteiger partial charge in [-0.25, -0.2) is 0 Å². The molecule has 0 amide bonds. The fraction of sp³-hybridized carbons (Fsp3) is 0.238. The van der Waals surface area contributed by atoms with E-state index in [4.69, 9.17) is 23.7 Å². The van der Waals surface area contributed by atoms with Crippen LogP contribution in [0.3, 0.4) is 0 Å². The lowest BCUT2D eigenvalue weighted by Crippen LogP contribution is -2.05. The summed E-state index contributed by atoms with van der Waals surface area (Å²) in [5.74, 6) is 1.59. The van der Waals surface area contributed by atoms with E-state index in [0.29, 0.717) is 34.3 Å². The fourth-order valence-electron chi connectivity index (χ4n) is 2.63. The lowest BCUT2D eigenvalue weighted by atomic mass is 10.0. The van der Waals surface area contributed by atoms with Gasteiger partial charge in [-0.3, -0.25) is 4.79 Å². The molecule has 0 saturated carbocycles. The highest BCUT2D eigenvalue weighted by Crippen LogP contribution is 2.38. The van der Waals surface area contributed by atoms with Gasteiger partial charge in [-0.15, -0.1) is 0 Å². The van der Waals surface area contributed by atoms with E-state index >= 15 is 0 Å². The first-order valence-electron chi connectivity index (χ1n) is 8.21. The molecule has 0 spiro atoms. The molecule has 0 atom stereocenters. The van der Waals surface area contributed by atoms with Crippen LogP contribution in [-0.4, -0.2) is 41.3 Å². The van der Waals surface area contributed by atoms with E-state index in [2.05, 4.69) is 0 Å². The summed E-state index contributed by atoms with van der Waals surface area (Å²) >= 11 is 0. The molecule has 0 aliphatic rings. The Bertz CT molecular complexity index is 917. The summed E-state index contributed by atoms with van der Waals surface area (Å²) in [7, 11) is 7.42. The zero-order valence-electron chi connectivity index (χ0n) is 16.4. The van der Waals surface area contributed by atoms with Crippen molar-refractivity contribution in [3.05, 3.63) is 47.0 Å². The van der Waals surface area contributed by atoms with Crippen LogP contribution in [0.4, 0.5) is 0 Å². The van der Waals surface area contributed by atoms with Gasteiger partial charge >= 0.3 is 0 Å². The molecule has 0 fully saturated rings. The van der Waals surface area contributed by atoms with Crippen LogP contribution >= 0.6 is 0 Å². The molecule has 0 aromatic heterocycles. The van der Waals surface area contributed by atoms with Crippen molar-refractivity contribution in [3.63, 3.8) is 0 Å².